The van der Waals surface area contributed by atoms with Crippen LogP contribution in [0.2, 0.25) is 0 Å². The summed E-state index contributed by atoms with van der Waals surface area (Å²) in [6, 6.07) is 8.57. The van der Waals surface area contributed by atoms with E-state index in [0.717, 1.165) is 51.8 Å². The fourth-order valence-corrected chi connectivity index (χ4v) is 3.73. The molecule has 7 heteroatoms. The van der Waals surface area contributed by atoms with Gasteiger partial charge < -0.3 is 19.9 Å². The predicted molar refractivity (Wildman–Crippen MR) is 122 cm³/mol. The Bertz CT molecular complexity index is 774. The highest BCUT2D eigenvalue weighted by Gasteiger charge is 2.21. The summed E-state index contributed by atoms with van der Waals surface area (Å²) < 4.78 is 8.02. The molecule has 1 saturated heterocycles. The Morgan fingerprint density at radius 2 is 2.17 bits per heavy atom. The van der Waals surface area contributed by atoms with Crippen LogP contribution in [0.4, 0.5) is 0 Å². The molecule has 2 N–H and O–H groups in total. The van der Waals surface area contributed by atoms with Crippen molar-refractivity contribution in [2.24, 2.45) is 10.9 Å². The number of hydrogen-bond donors (Lipinski definition) is 2. The van der Waals surface area contributed by atoms with E-state index in [-0.39, 0.29) is 6.10 Å². The monoisotopic (exact) mass is 412 g/mol. The first kappa shape index (κ1) is 22.3. The predicted octanol–water partition coefficient (Wildman–Crippen LogP) is 2.34. The maximum Gasteiger partial charge on any atom is 0.191 e. The average Bonchev–Trinajstić information content (AvgIpc) is 3.23. The molecule has 1 fully saturated rings. The molecule has 0 radical (unpaired) electrons. The Morgan fingerprint density at radius 3 is 2.93 bits per heavy atom. The molecule has 3 rings (SSSR count). The van der Waals surface area contributed by atoms with E-state index in [1.54, 1.807) is 6.20 Å². The smallest absolute Gasteiger partial charge is 0.191 e. The molecule has 0 aliphatic carbocycles. The number of imidazole rings is 1. The lowest BCUT2D eigenvalue weighted by Crippen LogP contribution is -2.50. The van der Waals surface area contributed by atoms with Gasteiger partial charge in [-0.05, 0) is 24.0 Å². The van der Waals surface area contributed by atoms with E-state index in [1.165, 1.54) is 11.1 Å². The summed E-state index contributed by atoms with van der Waals surface area (Å²) in [5.74, 6) is 1.52. The first-order valence-electron chi connectivity index (χ1n) is 11.0. The zero-order chi connectivity index (χ0) is 21.2. The van der Waals surface area contributed by atoms with Crippen molar-refractivity contribution in [3.05, 3.63) is 54.1 Å². The number of aliphatic imine (C=N–C) groups is 1. The van der Waals surface area contributed by atoms with E-state index in [9.17, 15) is 0 Å². The minimum absolute atomic E-state index is 0.194. The lowest BCUT2D eigenvalue weighted by atomic mass is 10.1. The number of ether oxygens (including phenoxy) is 1. The van der Waals surface area contributed by atoms with Crippen LogP contribution < -0.4 is 10.6 Å². The molecule has 1 atom stereocenters. The summed E-state index contributed by atoms with van der Waals surface area (Å²) in [7, 11) is 0. The highest BCUT2D eigenvalue weighted by molar-refractivity contribution is 5.79. The van der Waals surface area contributed by atoms with Gasteiger partial charge in [0.25, 0.3) is 0 Å². The highest BCUT2D eigenvalue weighted by Crippen LogP contribution is 2.09. The van der Waals surface area contributed by atoms with Gasteiger partial charge in [-0.1, -0.05) is 38.1 Å². The van der Waals surface area contributed by atoms with Gasteiger partial charge >= 0.3 is 0 Å². The van der Waals surface area contributed by atoms with Crippen molar-refractivity contribution in [3.63, 3.8) is 0 Å². The molecule has 1 aliphatic rings. The van der Waals surface area contributed by atoms with Crippen LogP contribution >= 0.6 is 0 Å². The Kier molecular flexibility index (Phi) is 8.71. The molecule has 2 aromatic rings. The van der Waals surface area contributed by atoms with E-state index >= 15 is 0 Å². The fourth-order valence-electron chi connectivity index (χ4n) is 3.73. The van der Waals surface area contributed by atoms with Crippen molar-refractivity contribution in [2.75, 3.05) is 39.3 Å². The van der Waals surface area contributed by atoms with Crippen LogP contribution in [0, 0.1) is 5.92 Å². The van der Waals surface area contributed by atoms with Gasteiger partial charge in [-0.15, -0.1) is 0 Å². The molecule has 0 amide bonds. The SMILES string of the molecule is CCNC(=NCc1cccc(Cn2ccnc2)c1)NCC1CN(CC(C)C)CCO1. The van der Waals surface area contributed by atoms with E-state index in [0.29, 0.717) is 12.5 Å². The van der Waals surface area contributed by atoms with Crippen molar-refractivity contribution >= 4 is 5.96 Å². The fraction of sp³-hybridized carbons (Fsp3) is 0.565. The van der Waals surface area contributed by atoms with Crippen LogP contribution in [0.25, 0.3) is 0 Å². The van der Waals surface area contributed by atoms with E-state index < -0.39 is 0 Å². The highest BCUT2D eigenvalue weighted by atomic mass is 16.5. The van der Waals surface area contributed by atoms with Gasteiger partial charge in [0.05, 0.1) is 25.6 Å². The van der Waals surface area contributed by atoms with Crippen molar-refractivity contribution in [3.8, 4) is 0 Å². The number of aromatic nitrogens is 2. The third-order valence-corrected chi connectivity index (χ3v) is 5.02. The quantitative estimate of drug-likeness (QED) is 0.489. The minimum atomic E-state index is 0.194. The van der Waals surface area contributed by atoms with Crippen molar-refractivity contribution < 1.29 is 4.74 Å². The molecule has 1 aromatic heterocycles. The first-order chi connectivity index (χ1) is 14.6. The van der Waals surface area contributed by atoms with E-state index in [1.807, 2.05) is 12.5 Å². The van der Waals surface area contributed by atoms with Crippen LogP contribution in [0.15, 0.2) is 48.0 Å². The molecular weight excluding hydrogens is 376 g/mol. The summed E-state index contributed by atoms with van der Waals surface area (Å²) in [6.07, 6.45) is 5.82. The molecular formula is C23H36N6O. The lowest BCUT2D eigenvalue weighted by Gasteiger charge is -2.34. The van der Waals surface area contributed by atoms with Crippen LogP contribution in [-0.4, -0.2) is 65.8 Å². The summed E-state index contributed by atoms with van der Waals surface area (Å²) in [5, 5.41) is 6.80. The molecule has 164 valence electrons. The number of nitrogens with one attached hydrogen (secondary N) is 2. The molecule has 7 nitrogen and oxygen atoms in total. The molecule has 30 heavy (non-hydrogen) atoms. The summed E-state index contributed by atoms with van der Waals surface area (Å²) >= 11 is 0. The van der Waals surface area contributed by atoms with Crippen LogP contribution in [0.5, 0.6) is 0 Å². The standard InChI is InChI=1S/C23H36N6O/c1-4-25-23(27-14-22-17-28(10-11-30-22)15-19(2)3)26-13-20-6-5-7-21(12-20)16-29-9-8-24-18-29/h5-9,12,18-19,22H,4,10-11,13-17H2,1-3H3,(H2,25,26,27). The molecule has 0 spiro atoms. The lowest BCUT2D eigenvalue weighted by molar-refractivity contribution is -0.0284. The number of hydrogen-bond acceptors (Lipinski definition) is 4. The number of guanidine groups is 1. The Balaban J connectivity index is 1.53. The van der Waals surface area contributed by atoms with Gasteiger partial charge in [0.15, 0.2) is 5.96 Å². The maximum atomic E-state index is 5.95. The topological polar surface area (TPSA) is 66.7 Å². The Morgan fingerprint density at radius 1 is 1.30 bits per heavy atom. The van der Waals surface area contributed by atoms with E-state index in [4.69, 9.17) is 9.73 Å². The van der Waals surface area contributed by atoms with Gasteiger partial charge in [0, 0.05) is 51.7 Å². The average molecular weight is 413 g/mol. The van der Waals surface area contributed by atoms with Gasteiger partial charge in [-0.25, -0.2) is 9.98 Å². The normalized spacial score (nSPS) is 18.0. The van der Waals surface area contributed by atoms with Crippen molar-refractivity contribution in [2.45, 2.75) is 40.0 Å². The van der Waals surface area contributed by atoms with Crippen LogP contribution in [0.1, 0.15) is 31.9 Å². The van der Waals surface area contributed by atoms with E-state index in [2.05, 4.69) is 70.1 Å². The van der Waals surface area contributed by atoms with Crippen LogP contribution in [0.3, 0.4) is 0 Å². The number of rotatable bonds is 9. The summed E-state index contributed by atoms with van der Waals surface area (Å²) in [4.78, 5) is 11.4. The molecule has 0 bridgehead atoms. The van der Waals surface area contributed by atoms with Gasteiger partial charge in [0.1, 0.15) is 0 Å². The maximum absolute atomic E-state index is 5.95. The molecule has 1 unspecified atom stereocenters. The second kappa shape index (κ2) is 11.7. The zero-order valence-corrected chi connectivity index (χ0v) is 18.6. The summed E-state index contributed by atoms with van der Waals surface area (Å²) in [6.45, 7) is 13.6. The number of benzene rings is 1. The largest absolute Gasteiger partial charge is 0.374 e. The molecule has 1 aromatic carbocycles. The molecule has 0 saturated carbocycles. The van der Waals surface area contributed by atoms with Gasteiger partial charge in [-0.2, -0.15) is 0 Å². The second-order valence-electron chi connectivity index (χ2n) is 8.28. The van der Waals surface area contributed by atoms with Crippen LogP contribution in [-0.2, 0) is 17.8 Å². The molecule has 2 heterocycles. The second-order valence-corrected chi connectivity index (χ2v) is 8.28. The van der Waals surface area contributed by atoms with Crippen molar-refractivity contribution in [1.82, 2.24) is 25.1 Å². The third kappa shape index (κ3) is 7.46. The number of nitrogens with zero attached hydrogens (tertiary/aromatic N) is 4. The van der Waals surface area contributed by atoms with Gasteiger partial charge in [-0.3, -0.25) is 4.90 Å². The van der Waals surface area contributed by atoms with Gasteiger partial charge in [0.2, 0.25) is 0 Å². The number of morpholine rings is 1. The zero-order valence-electron chi connectivity index (χ0n) is 18.6. The molecule has 1 aliphatic heterocycles. The first-order valence-corrected chi connectivity index (χ1v) is 11.0. The Hall–Kier alpha value is -2.38. The van der Waals surface area contributed by atoms with Crippen molar-refractivity contribution in [1.29, 1.82) is 0 Å². The third-order valence-electron chi connectivity index (χ3n) is 5.02. The Labute approximate surface area is 180 Å². The summed E-state index contributed by atoms with van der Waals surface area (Å²) in [5.41, 5.74) is 2.45. The minimum Gasteiger partial charge on any atom is -0.374 e.